The zero-order valence-corrected chi connectivity index (χ0v) is 9.09. The van der Waals surface area contributed by atoms with Crippen molar-refractivity contribution in [2.24, 2.45) is 0 Å². The Morgan fingerprint density at radius 3 is 2.88 bits per heavy atom. The Kier molecular flexibility index (Phi) is 2.97. The maximum Gasteiger partial charge on any atom is 0.128 e. The molecule has 16 heavy (non-hydrogen) atoms. The van der Waals surface area contributed by atoms with Crippen LogP contribution in [0.3, 0.4) is 0 Å². The Morgan fingerprint density at radius 1 is 1.38 bits per heavy atom. The SMILES string of the molecule is CCc1cc(-c2ccccn2)nn1CC#N. The van der Waals surface area contributed by atoms with Crippen molar-refractivity contribution in [3.8, 4) is 17.5 Å². The van der Waals surface area contributed by atoms with Gasteiger partial charge in [0.05, 0.1) is 11.8 Å². The summed E-state index contributed by atoms with van der Waals surface area (Å²) in [6.45, 7) is 2.34. The van der Waals surface area contributed by atoms with Gasteiger partial charge in [-0.05, 0) is 24.6 Å². The summed E-state index contributed by atoms with van der Waals surface area (Å²) in [6.07, 6.45) is 2.60. The second kappa shape index (κ2) is 4.58. The first-order valence-electron chi connectivity index (χ1n) is 5.20. The van der Waals surface area contributed by atoms with Crippen molar-refractivity contribution in [3.63, 3.8) is 0 Å². The smallest absolute Gasteiger partial charge is 0.128 e. The van der Waals surface area contributed by atoms with Gasteiger partial charge in [0, 0.05) is 11.9 Å². The van der Waals surface area contributed by atoms with Crippen LogP contribution in [0.5, 0.6) is 0 Å². The Balaban J connectivity index is 2.41. The quantitative estimate of drug-likeness (QED) is 0.782. The second-order valence-electron chi connectivity index (χ2n) is 3.41. The molecule has 2 aromatic rings. The predicted molar refractivity (Wildman–Crippen MR) is 60.4 cm³/mol. The van der Waals surface area contributed by atoms with E-state index < -0.39 is 0 Å². The second-order valence-corrected chi connectivity index (χ2v) is 3.41. The predicted octanol–water partition coefficient (Wildman–Crippen LogP) is 2.03. The lowest BCUT2D eigenvalue weighted by molar-refractivity contribution is 0.671. The normalized spacial score (nSPS) is 10.0. The fourth-order valence-electron chi connectivity index (χ4n) is 1.58. The van der Waals surface area contributed by atoms with Crippen molar-refractivity contribution in [2.75, 3.05) is 0 Å². The molecule has 0 atom stereocenters. The van der Waals surface area contributed by atoms with Crippen LogP contribution in [0, 0.1) is 11.3 Å². The van der Waals surface area contributed by atoms with E-state index in [4.69, 9.17) is 5.26 Å². The first-order valence-corrected chi connectivity index (χ1v) is 5.20. The molecule has 0 aliphatic heterocycles. The van der Waals surface area contributed by atoms with Gasteiger partial charge in [0.1, 0.15) is 12.2 Å². The van der Waals surface area contributed by atoms with Gasteiger partial charge in [-0.15, -0.1) is 0 Å². The van der Waals surface area contributed by atoms with Gasteiger partial charge in [-0.25, -0.2) is 0 Å². The van der Waals surface area contributed by atoms with Crippen molar-refractivity contribution in [1.82, 2.24) is 14.8 Å². The van der Waals surface area contributed by atoms with Crippen LogP contribution in [0.2, 0.25) is 0 Å². The molecule has 0 aliphatic carbocycles. The van der Waals surface area contributed by atoms with Gasteiger partial charge in [-0.1, -0.05) is 13.0 Å². The molecule has 0 fully saturated rings. The molecule has 0 N–H and O–H groups in total. The topological polar surface area (TPSA) is 54.5 Å². The molecule has 0 bridgehead atoms. The van der Waals surface area contributed by atoms with Crippen LogP contribution in [0.4, 0.5) is 0 Å². The molecule has 0 spiro atoms. The highest BCUT2D eigenvalue weighted by Crippen LogP contribution is 2.16. The molecule has 4 nitrogen and oxygen atoms in total. The van der Waals surface area contributed by atoms with E-state index in [0.717, 1.165) is 23.5 Å². The van der Waals surface area contributed by atoms with Gasteiger partial charge in [0.25, 0.3) is 0 Å². The third-order valence-corrected chi connectivity index (χ3v) is 2.37. The number of aromatic nitrogens is 3. The van der Waals surface area contributed by atoms with Crippen molar-refractivity contribution in [1.29, 1.82) is 5.26 Å². The van der Waals surface area contributed by atoms with Gasteiger partial charge < -0.3 is 0 Å². The molecule has 0 radical (unpaired) electrons. The number of pyridine rings is 1. The summed E-state index contributed by atoms with van der Waals surface area (Å²) >= 11 is 0. The molecular weight excluding hydrogens is 200 g/mol. The largest absolute Gasteiger partial charge is 0.255 e. The summed E-state index contributed by atoms with van der Waals surface area (Å²) in [6, 6.07) is 9.80. The molecule has 0 aromatic carbocycles. The number of aryl methyl sites for hydroxylation is 1. The lowest BCUT2D eigenvalue weighted by atomic mass is 10.2. The summed E-state index contributed by atoms with van der Waals surface area (Å²) in [7, 11) is 0. The zero-order chi connectivity index (χ0) is 11.4. The Hall–Kier alpha value is -2.15. The molecular formula is C12H12N4. The lowest BCUT2D eigenvalue weighted by Crippen LogP contribution is -2.02. The first-order chi connectivity index (χ1) is 7.85. The van der Waals surface area contributed by atoms with Crippen molar-refractivity contribution in [3.05, 3.63) is 36.2 Å². The van der Waals surface area contributed by atoms with Crippen molar-refractivity contribution in [2.45, 2.75) is 19.9 Å². The van der Waals surface area contributed by atoms with E-state index in [2.05, 4.69) is 16.2 Å². The van der Waals surface area contributed by atoms with E-state index in [1.807, 2.05) is 31.2 Å². The standard InChI is InChI=1S/C12H12N4/c1-2-10-9-12(15-16(10)8-6-13)11-5-3-4-7-14-11/h3-5,7,9H,2,8H2,1H3. The summed E-state index contributed by atoms with van der Waals surface area (Å²) in [5.74, 6) is 0. The van der Waals surface area contributed by atoms with E-state index in [-0.39, 0.29) is 6.54 Å². The van der Waals surface area contributed by atoms with Crippen LogP contribution in [-0.4, -0.2) is 14.8 Å². The molecule has 0 amide bonds. The van der Waals surface area contributed by atoms with E-state index >= 15 is 0 Å². The highest BCUT2D eigenvalue weighted by Gasteiger charge is 2.08. The van der Waals surface area contributed by atoms with E-state index in [1.54, 1.807) is 10.9 Å². The molecule has 0 aliphatic rings. The lowest BCUT2D eigenvalue weighted by Gasteiger charge is -1.97. The Labute approximate surface area is 94.2 Å². The summed E-state index contributed by atoms with van der Waals surface area (Å²) in [5, 5.41) is 13.1. The number of rotatable bonds is 3. The van der Waals surface area contributed by atoms with Crippen LogP contribution in [0.25, 0.3) is 11.4 Å². The summed E-state index contributed by atoms with van der Waals surface area (Å²) in [4.78, 5) is 4.24. The van der Waals surface area contributed by atoms with E-state index in [1.165, 1.54) is 0 Å². The van der Waals surface area contributed by atoms with Crippen LogP contribution in [0.1, 0.15) is 12.6 Å². The van der Waals surface area contributed by atoms with E-state index in [0.29, 0.717) is 0 Å². The van der Waals surface area contributed by atoms with Gasteiger partial charge in [-0.2, -0.15) is 10.4 Å². The van der Waals surface area contributed by atoms with Crippen LogP contribution in [-0.2, 0) is 13.0 Å². The molecule has 0 saturated carbocycles. The fourth-order valence-corrected chi connectivity index (χ4v) is 1.58. The number of hydrogen-bond donors (Lipinski definition) is 0. The van der Waals surface area contributed by atoms with Crippen molar-refractivity contribution < 1.29 is 0 Å². The fraction of sp³-hybridized carbons (Fsp3) is 0.250. The third kappa shape index (κ3) is 1.94. The highest BCUT2D eigenvalue weighted by molar-refractivity contribution is 5.53. The first kappa shape index (κ1) is 10.4. The summed E-state index contributed by atoms with van der Waals surface area (Å²) in [5.41, 5.74) is 2.73. The molecule has 0 saturated heterocycles. The number of hydrogen-bond acceptors (Lipinski definition) is 3. The molecule has 2 aromatic heterocycles. The highest BCUT2D eigenvalue weighted by atomic mass is 15.3. The minimum absolute atomic E-state index is 0.288. The minimum atomic E-state index is 0.288. The average Bonchev–Trinajstić information content (AvgIpc) is 2.74. The van der Waals surface area contributed by atoms with Crippen molar-refractivity contribution >= 4 is 0 Å². The minimum Gasteiger partial charge on any atom is -0.255 e. The Morgan fingerprint density at radius 2 is 2.25 bits per heavy atom. The maximum absolute atomic E-state index is 8.69. The Bertz CT molecular complexity index is 508. The van der Waals surface area contributed by atoms with Crippen LogP contribution in [0.15, 0.2) is 30.5 Å². The van der Waals surface area contributed by atoms with E-state index in [9.17, 15) is 0 Å². The maximum atomic E-state index is 8.69. The molecule has 0 unspecified atom stereocenters. The summed E-state index contributed by atoms with van der Waals surface area (Å²) < 4.78 is 1.73. The third-order valence-electron chi connectivity index (χ3n) is 2.37. The monoisotopic (exact) mass is 212 g/mol. The van der Waals surface area contributed by atoms with Gasteiger partial charge in [0.15, 0.2) is 0 Å². The number of nitrogens with zero attached hydrogens (tertiary/aromatic N) is 4. The van der Waals surface area contributed by atoms with Gasteiger partial charge in [0.2, 0.25) is 0 Å². The van der Waals surface area contributed by atoms with Crippen LogP contribution >= 0.6 is 0 Å². The van der Waals surface area contributed by atoms with Gasteiger partial charge in [-0.3, -0.25) is 9.67 Å². The number of nitriles is 1. The molecule has 2 rings (SSSR count). The van der Waals surface area contributed by atoms with Crippen LogP contribution < -0.4 is 0 Å². The molecule has 80 valence electrons. The molecule has 4 heteroatoms. The average molecular weight is 212 g/mol. The van der Waals surface area contributed by atoms with Gasteiger partial charge >= 0.3 is 0 Å². The molecule has 2 heterocycles. The zero-order valence-electron chi connectivity index (χ0n) is 9.09.